The highest BCUT2D eigenvalue weighted by atomic mass is 35.5. The summed E-state index contributed by atoms with van der Waals surface area (Å²) in [5.74, 6) is 1.44. The van der Waals surface area contributed by atoms with Gasteiger partial charge in [0, 0.05) is 19.8 Å². The Morgan fingerprint density at radius 1 is 1.50 bits per heavy atom. The summed E-state index contributed by atoms with van der Waals surface area (Å²) >= 11 is 5.84. The predicted molar refractivity (Wildman–Crippen MR) is 65.9 cm³/mol. The number of rotatable bonds is 3. The second-order valence-electron chi connectivity index (χ2n) is 4.25. The van der Waals surface area contributed by atoms with E-state index in [-0.39, 0.29) is 0 Å². The molecule has 0 atom stereocenters. The summed E-state index contributed by atoms with van der Waals surface area (Å²) in [4.78, 5) is 10.5. The molecular weight excluding hydrogens is 224 g/mol. The molecule has 1 aliphatic rings. The normalized spacial score (nSPS) is 17.4. The van der Waals surface area contributed by atoms with Crippen molar-refractivity contribution in [3.8, 4) is 0 Å². The molecule has 0 saturated carbocycles. The Hall–Kier alpha value is -0.870. The van der Waals surface area contributed by atoms with E-state index in [1.807, 2.05) is 7.05 Å². The van der Waals surface area contributed by atoms with Crippen LogP contribution in [0.4, 0.5) is 5.95 Å². The molecule has 88 valence electrons. The van der Waals surface area contributed by atoms with E-state index < -0.39 is 0 Å². The van der Waals surface area contributed by atoms with Crippen LogP contribution in [0.5, 0.6) is 0 Å². The van der Waals surface area contributed by atoms with Crippen molar-refractivity contribution in [2.75, 3.05) is 31.6 Å². The average Bonchev–Trinajstić information content (AvgIpc) is 2.30. The van der Waals surface area contributed by atoms with Gasteiger partial charge in [0.05, 0.1) is 0 Å². The fourth-order valence-electron chi connectivity index (χ4n) is 2.04. The number of hydrogen-bond donors (Lipinski definition) is 1. The minimum atomic E-state index is 0.502. The highest BCUT2D eigenvalue weighted by Gasteiger charge is 2.16. The third kappa shape index (κ3) is 3.06. The SMILES string of the molecule is CN(CC1CCNCC1)c1nccc(Cl)n1. The molecule has 16 heavy (non-hydrogen) atoms. The summed E-state index contributed by atoms with van der Waals surface area (Å²) in [5.41, 5.74) is 0. The van der Waals surface area contributed by atoms with Crippen molar-refractivity contribution in [2.24, 2.45) is 5.92 Å². The Kier molecular flexibility index (Phi) is 3.96. The van der Waals surface area contributed by atoms with Gasteiger partial charge in [0.1, 0.15) is 5.15 Å². The van der Waals surface area contributed by atoms with Gasteiger partial charge in [-0.2, -0.15) is 0 Å². The van der Waals surface area contributed by atoms with Crippen LogP contribution in [-0.2, 0) is 0 Å². The van der Waals surface area contributed by atoms with Gasteiger partial charge in [-0.05, 0) is 37.9 Å². The first-order valence-electron chi connectivity index (χ1n) is 5.66. The molecule has 0 aliphatic carbocycles. The highest BCUT2D eigenvalue weighted by molar-refractivity contribution is 6.29. The monoisotopic (exact) mass is 240 g/mol. The van der Waals surface area contributed by atoms with Crippen molar-refractivity contribution in [1.82, 2.24) is 15.3 Å². The number of piperidine rings is 1. The van der Waals surface area contributed by atoms with Crippen molar-refractivity contribution in [3.63, 3.8) is 0 Å². The minimum absolute atomic E-state index is 0.502. The Morgan fingerprint density at radius 3 is 2.94 bits per heavy atom. The van der Waals surface area contributed by atoms with Crippen LogP contribution in [-0.4, -0.2) is 36.6 Å². The lowest BCUT2D eigenvalue weighted by Crippen LogP contribution is -2.35. The lowest BCUT2D eigenvalue weighted by atomic mass is 9.98. The van der Waals surface area contributed by atoms with Gasteiger partial charge in [0.15, 0.2) is 0 Å². The number of anilines is 1. The van der Waals surface area contributed by atoms with Crippen LogP contribution in [0.2, 0.25) is 5.15 Å². The number of nitrogens with one attached hydrogen (secondary N) is 1. The molecule has 1 aromatic rings. The Bertz CT molecular complexity index is 339. The quantitative estimate of drug-likeness (QED) is 0.815. The Morgan fingerprint density at radius 2 is 2.25 bits per heavy atom. The van der Waals surface area contributed by atoms with Crippen molar-refractivity contribution >= 4 is 17.5 Å². The van der Waals surface area contributed by atoms with E-state index >= 15 is 0 Å². The van der Waals surface area contributed by atoms with E-state index in [0.717, 1.165) is 25.6 Å². The van der Waals surface area contributed by atoms with Gasteiger partial charge in [-0.15, -0.1) is 0 Å². The van der Waals surface area contributed by atoms with Gasteiger partial charge in [0.25, 0.3) is 0 Å². The zero-order valence-electron chi connectivity index (χ0n) is 9.49. The zero-order valence-corrected chi connectivity index (χ0v) is 10.2. The Balaban J connectivity index is 1.94. The molecule has 5 heteroatoms. The smallest absolute Gasteiger partial charge is 0.226 e. The molecule has 4 nitrogen and oxygen atoms in total. The van der Waals surface area contributed by atoms with Gasteiger partial charge >= 0.3 is 0 Å². The topological polar surface area (TPSA) is 41.0 Å². The number of aromatic nitrogens is 2. The molecule has 0 radical (unpaired) electrons. The second kappa shape index (κ2) is 5.46. The van der Waals surface area contributed by atoms with Crippen LogP contribution in [0.1, 0.15) is 12.8 Å². The van der Waals surface area contributed by atoms with Crippen molar-refractivity contribution < 1.29 is 0 Å². The summed E-state index contributed by atoms with van der Waals surface area (Å²) in [6, 6.07) is 1.70. The molecule has 0 bridgehead atoms. The maximum Gasteiger partial charge on any atom is 0.226 e. The van der Waals surface area contributed by atoms with Crippen molar-refractivity contribution in [2.45, 2.75) is 12.8 Å². The molecule has 1 aliphatic heterocycles. The average molecular weight is 241 g/mol. The molecule has 0 unspecified atom stereocenters. The minimum Gasteiger partial charge on any atom is -0.344 e. The van der Waals surface area contributed by atoms with Gasteiger partial charge < -0.3 is 10.2 Å². The van der Waals surface area contributed by atoms with Crippen LogP contribution in [0.15, 0.2) is 12.3 Å². The van der Waals surface area contributed by atoms with Gasteiger partial charge in [-0.1, -0.05) is 11.6 Å². The fourth-order valence-corrected chi connectivity index (χ4v) is 2.18. The van der Waals surface area contributed by atoms with Crippen LogP contribution in [0.3, 0.4) is 0 Å². The summed E-state index contributed by atoms with van der Waals surface area (Å²) in [6.07, 6.45) is 4.15. The molecule has 0 spiro atoms. The van der Waals surface area contributed by atoms with Crippen LogP contribution in [0.25, 0.3) is 0 Å². The molecule has 2 rings (SSSR count). The van der Waals surface area contributed by atoms with Gasteiger partial charge in [-0.3, -0.25) is 0 Å². The highest BCUT2D eigenvalue weighted by Crippen LogP contribution is 2.16. The van der Waals surface area contributed by atoms with Crippen LogP contribution < -0.4 is 10.2 Å². The van der Waals surface area contributed by atoms with E-state index in [9.17, 15) is 0 Å². The largest absolute Gasteiger partial charge is 0.344 e. The summed E-state index contributed by atoms with van der Waals surface area (Å²) in [7, 11) is 2.02. The molecule has 1 fully saturated rings. The Labute approximate surface area is 101 Å². The third-order valence-electron chi connectivity index (χ3n) is 2.94. The van der Waals surface area contributed by atoms with E-state index in [1.54, 1.807) is 12.3 Å². The maximum atomic E-state index is 5.84. The number of hydrogen-bond acceptors (Lipinski definition) is 4. The fraction of sp³-hybridized carbons (Fsp3) is 0.636. The zero-order chi connectivity index (χ0) is 11.4. The molecule has 1 aromatic heterocycles. The molecular formula is C11H17ClN4. The molecule has 1 N–H and O–H groups in total. The van der Waals surface area contributed by atoms with E-state index in [2.05, 4.69) is 20.2 Å². The first kappa shape index (κ1) is 11.6. The summed E-state index contributed by atoms with van der Waals surface area (Å²) < 4.78 is 0. The summed E-state index contributed by atoms with van der Waals surface area (Å²) in [5, 5.41) is 3.87. The standard InChI is InChI=1S/C11H17ClN4/c1-16(8-9-2-5-13-6-3-9)11-14-7-4-10(12)15-11/h4,7,9,13H,2-3,5-6,8H2,1H3. The van der Waals surface area contributed by atoms with Gasteiger partial charge in [-0.25, -0.2) is 9.97 Å². The van der Waals surface area contributed by atoms with E-state index in [4.69, 9.17) is 11.6 Å². The van der Waals surface area contributed by atoms with Crippen molar-refractivity contribution in [3.05, 3.63) is 17.4 Å². The lowest BCUT2D eigenvalue weighted by molar-refractivity contribution is 0.377. The predicted octanol–water partition coefficient (Wildman–Crippen LogP) is 1.57. The van der Waals surface area contributed by atoms with E-state index in [0.29, 0.717) is 11.1 Å². The van der Waals surface area contributed by atoms with E-state index in [1.165, 1.54) is 12.8 Å². The van der Waals surface area contributed by atoms with Gasteiger partial charge in [0.2, 0.25) is 5.95 Å². The number of nitrogens with zero attached hydrogens (tertiary/aromatic N) is 3. The molecule has 0 amide bonds. The van der Waals surface area contributed by atoms with Crippen molar-refractivity contribution in [1.29, 1.82) is 0 Å². The number of halogens is 1. The third-order valence-corrected chi connectivity index (χ3v) is 3.15. The molecule has 2 heterocycles. The maximum absolute atomic E-state index is 5.84. The first-order chi connectivity index (χ1) is 7.75. The summed E-state index contributed by atoms with van der Waals surface area (Å²) in [6.45, 7) is 3.24. The first-order valence-corrected chi connectivity index (χ1v) is 6.04. The molecule has 1 saturated heterocycles. The van der Waals surface area contributed by atoms with Crippen LogP contribution >= 0.6 is 11.6 Å². The van der Waals surface area contributed by atoms with Crippen LogP contribution in [0, 0.1) is 5.92 Å². The second-order valence-corrected chi connectivity index (χ2v) is 4.64. The molecule has 0 aromatic carbocycles. The lowest BCUT2D eigenvalue weighted by Gasteiger charge is -2.27.